The molecule has 0 radical (unpaired) electrons. The number of carbonyl (C=O) groups is 2. The minimum Gasteiger partial charge on any atom is -0.326 e. The summed E-state index contributed by atoms with van der Waals surface area (Å²) >= 11 is 6.12. The first-order valence-electron chi connectivity index (χ1n) is 7.69. The van der Waals surface area contributed by atoms with E-state index in [2.05, 4.69) is 10.6 Å². The van der Waals surface area contributed by atoms with Gasteiger partial charge in [-0.1, -0.05) is 61.0 Å². The fourth-order valence-corrected chi connectivity index (χ4v) is 2.24. The summed E-state index contributed by atoms with van der Waals surface area (Å²) in [4.78, 5) is 23.3. The molecule has 2 rings (SSSR count). The Morgan fingerprint density at radius 3 is 2.46 bits per heavy atom. The van der Waals surface area contributed by atoms with Crippen molar-refractivity contribution in [1.82, 2.24) is 0 Å². The Morgan fingerprint density at radius 2 is 1.79 bits per heavy atom. The standard InChI is InChI=1S/C19H19ClN2O2/c1-2-18(23)22-17-12-11-15(13-16(17)20)21-19(24)10-6-9-14-7-4-3-5-8-14/h3-9,11-13H,2,10H2,1H3,(H,21,24)(H,22,23)/b9-6+. The summed E-state index contributed by atoms with van der Waals surface area (Å²) in [5.74, 6) is -0.247. The second-order valence-electron chi connectivity index (χ2n) is 5.16. The van der Waals surface area contributed by atoms with E-state index >= 15 is 0 Å². The summed E-state index contributed by atoms with van der Waals surface area (Å²) in [6.07, 6.45) is 4.35. The van der Waals surface area contributed by atoms with Gasteiger partial charge in [-0.25, -0.2) is 0 Å². The van der Waals surface area contributed by atoms with Crippen LogP contribution >= 0.6 is 11.6 Å². The molecule has 24 heavy (non-hydrogen) atoms. The number of anilines is 2. The lowest BCUT2D eigenvalue weighted by Gasteiger charge is -2.09. The van der Waals surface area contributed by atoms with Gasteiger partial charge >= 0.3 is 0 Å². The zero-order valence-corrected chi connectivity index (χ0v) is 14.1. The van der Waals surface area contributed by atoms with E-state index in [1.807, 2.05) is 42.5 Å². The fraction of sp³-hybridized carbons (Fsp3) is 0.158. The van der Waals surface area contributed by atoms with Crippen LogP contribution < -0.4 is 10.6 Å². The molecule has 0 spiro atoms. The Balaban J connectivity index is 1.91. The van der Waals surface area contributed by atoms with Crippen LogP contribution in [0.4, 0.5) is 11.4 Å². The van der Waals surface area contributed by atoms with Crippen molar-refractivity contribution in [2.75, 3.05) is 10.6 Å². The molecule has 124 valence electrons. The molecule has 0 atom stereocenters. The van der Waals surface area contributed by atoms with Crippen molar-refractivity contribution in [2.24, 2.45) is 0 Å². The second kappa shape index (κ2) is 8.89. The maximum absolute atomic E-state index is 11.9. The summed E-state index contributed by atoms with van der Waals surface area (Å²) in [6, 6.07) is 14.8. The number of hydrogen-bond donors (Lipinski definition) is 2. The van der Waals surface area contributed by atoms with E-state index in [0.29, 0.717) is 22.8 Å². The average molecular weight is 343 g/mol. The molecule has 0 fully saturated rings. The SMILES string of the molecule is CCC(=O)Nc1ccc(NC(=O)C/C=C/c2ccccc2)cc1Cl. The molecule has 2 amide bonds. The summed E-state index contributed by atoms with van der Waals surface area (Å²) in [6.45, 7) is 1.76. The van der Waals surface area contributed by atoms with Gasteiger partial charge in [-0.3, -0.25) is 9.59 Å². The molecule has 2 N–H and O–H groups in total. The molecular formula is C19H19ClN2O2. The van der Waals surface area contributed by atoms with Crippen molar-refractivity contribution in [1.29, 1.82) is 0 Å². The molecule has 0 saturated carbocycles. The summed E-state index contributed by atoms with van der Waals surface area (Å²) < 4.78 is 0. The summed E-state index contributed by atoms with van der Waals surface area (Å²) in [5.41, 5.74) is 2.17. The van der Waals surface area contributed by atoms with E-state index in [4.69, 9.17) is 11.6 Å². The van der Waals surface area contributed by atoms with E-state index in [9.17, 15) is 9.59 Å². The number of rotatable bonds is 6. The molecular weight excluding hydrogens is 324 g/mol. The Kier molecular flexibility index (Phi) is 6.58. The van der Waals surface area contributed by atoms with Gasteiger partial charge in [0.2, 0.25) is 11.8 Å². The molecule has 2 aromatic rings. The molecule has 0 aliphatic heterocycles. The number of halogens is 1. The van der Waals surface area contributed by atoms with E-state index in [1.54, 1.807) is 25.1 Å². The Bertz CT molecular complexity index is 742. The third kappa shape index (κ3) is 5.56. The molecule has 0 aliphatic rings. The normalized spacial score (nSPS) is 10.6. The van der Waals surface area contributed by atoms with E-state index < -0.39 is 0 Å². The lowest BCUT2D eigenvalue weighted by atomic mass is 10.2. The van der Waals surface area contributed by atoms with Gasteiger partial charge in [0, 0.05) is 18.5 Å². The maximum Gasteiger partial charge on any atom is 0.228 e. The average Bonchev–Trinajstić information content (AvgIpc) is 2.58. The van der Waals surface area contributed by atoms with Crippen molar-refractivity contribution >= 4 is 40.9 Å². The van der Waals surface area contributed by atoms with Crippen LogP contribution in [0, 0.1) is 0 Å². The first-order valence-corrected chi connectivity index (χ1v) is 8.07. The zero-order valence-electron chi connectivity index (χ0n) is 13.4. The molecule has 0 heterocycles. The van der Waals surface area contributed by atoms with Crippen LogP contribution in [-0.2, 0) is 9.59 Å². The highest BCUT2D eigenvalue weighted by Crippen LogP contribution is 2.25. The van der Waals surface area contributed by atoms with Crippen molar-refractivity contribution in [2.45, 2.75) is 19.8 Å². The Morgan fingerprint density at radius 1 is 1.04 bits per heavy atom. The molecule has 0 saturated heterocycles. The van der Waals surface area contributed by atoms with Crippen LogP contribution in [0.15, 0.2) is 54.6 Å². The Labute approximate surface area is 146 Å². The monoisotopic (exact) mass is 342 g/mol. The third-order valence-electron chi connectivity index (χ3n) is 3.26. The topological polar surface area (TPSA) is 58.2 Å². The van der Waals surface area contributed by atoms with Gasteiger partial charge in [0.05, 0.1) is 10.7 Å². The summed E-state index contributed by atoms with van der Waals surface area (Å²) in [7, 11) is 0. The fourth-order valence-electron chi connectivity index (χ4n) is 2.01. The third-order valence-corrected chi connectivity index (χ3v) is 3.57. The highest BCUT2D eigenvalue weighted by molar-refractivity contribution is 6.34. The first kappa shape index (κ1) is 17.8. The molecule has 4 nitrogen and oxygen atoms in total. The van der Waals surface area contributed by atoms with Crippen LogP contribution in [0.25, 0.3) is 6.08 Å². The van der Waals surface area contributed by atoms with Gasteiger partial charge < -0.3 is 10.6 Å². The number of amides is 2. The number of hydrogen-bond acceptors (Lipinski definition) is 2. The molecule has 0 aliphatic carbocycles. The maximum atomic E-state index is 11.9. The highest BCUT2D eigenvalue weighted by Gasteiger charge is 2.06. The largest absolute Gasteiger partial charge is 0.326 e. The van der Waals surface area contributed by atoms with Gasteiger partial charge in [-0.05, 0) is 23.8 Å². The van der Waals surface area contributed by atoms with Crippen LogP contribution in [0.3, 0.4) is 0 Å². The lowest BCUT2D eigenvalue weighted by molar-refractivity contribution is -0.116. The van der Waals surface area contributed by atoms with Gasteiger partial charge in [0.25, 0.3) is 0 Å². The number of nitrogens with one attached hydrogen (secondary N) is 2. The molecule has 0 unspecified atom stereocenters. The number of carbonyl (C=O) groups excluding carboxylic acids is 2. The van der Waals surface area contributed by atoms with E-state index in [1.165, 1.54) is 0 Å². The Hall–Kier alpha value is -2.59. The van der Waals surface area contributed by atoms with Crippen molar-refractivity contribution in [3.05, 3.63) is 65.2 Å². The quantitative estimate of drug-likeness (QED) is 0.797. The first-order chi connectivity index (χ1) is 11.6. The van der Waals surface area contributed by atoms with Crippen molar-refractivity contribution in [3.8, 4) is 0 Å². The van der Waals surface area contributed by atoms with Crippen LogP contribution in [-0.4, -0.2) is 11.8 Å². The molecule has 0 aromatic heterocycles. The van der Waals surface area contributed by atoms with Crippen molar-refractivity contribution in [3.63, 3.8) is 0 Å². The highest BCUT2D eigenvalue weighted by atomic mass is 35.5. The van der Waals surface area contributed by atoms with Gasteiger partial charge in [-0.15, -0.1) is 0 Å². The van der Waals surface area contributed by atoms with Gasteiger partial charge in [-0.2, -0.15) is 0 Å². The predicted molar refractivity (Wildman–Crippen MR) is 99.1 cm³/mol. The number of benzene rings is 2. The minimum absolute atomic E-state index is 0.111. The van der Waals surface area contributed by atoms with Crippen LogP contribution in [0.2, 0.25) is 5.02 Å². The summed E-state index contributed by atoms with van der Waals surface area (Å²) in [5, 5.41) is 5.86. The second-order valence-corrected chi connectivity index (χ2v) is 5.57. The molecule has 2 aromatic carbocycles. The smallest absolute Gasteiger partial charge is 0.228 e. The molecule has 0 bridgehead atoms. The predicted octanol–water partition coefficient (Wildman–Crippen LogP) is 4.73. The van der Waals surface area contributed by atoms with Crippen molar-refractivity contribution < 1.29 is 9.59 Å². The van der Waals surface area contributed by atoms with Crippen LogP contribution in [0.5, 0.6) is 0 Å². The lowest BCUT2D eigenvalue weighted by Crippen LogP contribution is -2.11. The van der Waals surface area contributed by atoms with Gasteiger partial charge in [0.15, 0.2) is 0 Å². The minimum atomic E-state index is -0.136. The van der Waals surface area contributed by atoms with Gasteiger partial charge in [0.1, 0.15) is 0 Å². The van der Waals surface area contributed by atoms with Crippen LogP contribution in [0.1, 0.15) is 25.3 Å². The molecule has 5 heteroatoms. The van der Waals surface area contributed by atoms with E-state index in [0.717, 1.165) is 5.56 Å². The van der Waals surface area contributed by atoms with E-state index in [-0.39, 0.29) is 18.2 Å². The zero-order chi connectivity index (χ0) is 17.4.